The van der Waals surface area contributed by atoms with E-state index in [1.165, 1.54) is 36.7 Å². The molecule has 2 aromatic heterocycles. The molecule has 0 aliphatic heterocycles. The van der Waals surface area contributed by atoms with Crippen molar-refractivity contribution in [1.82, 2.24) is 0 Å². The van der Waals surface area contributed by atoms with Crippen LogP contribution < -0.4 is 4.90 Å². The number of anilines is 3. The molecule has 10 rings (SSSR count). The monoisotopic (exact) mass is 643 g/mol. The highest BCUT2D eigenvalue weighted by Crippen LogP contribution is 2.42. The van der Waals surface area contributed by atoms with Crippen molar-refractivity contribution >= 4 is 81.3 Å². The Hall–Kier alpha value is -6.16. The van der Waals surface area contributed by atoms with Gasteiger partial charge >= 0.3 is 0 Å². The van der Waals surface area contributed by atoms with Crippen molar-refractivity contribution in [2.24, 2.45) is 0 Å². The van der Waals surface area contributed by atoms with Gasteiger partial charge in [-0.3, -0.25) is 0 Å². The van der Waals surface area contributed by atoms with Crippen molar-refractivity contribution < 1.29 is 4.42 Å². The van der Waals surface area contributed by atoms with E-state index in [-0.39, 0.29) is 0 Å². The van der Waals surface area contributed by atoms with Crippen LogP contribution in [-0.4, -0.2) is 0 Å². The molecule has 0 aliphatic rings. The second kappa shape index (κ2) is 11.2. The van der Waals surface area contributed by atoms with E-state index in [1.54, 1.807) is 0 Å². The Morgan fingerprint density at radius 3 is 1.90 bits per heavy atom. The van der Waals surface area contributed by atoms with Crippen LogP contribution in [0.25, 0.3) is 75.1 Å². The quantitative estimate of drug-likeness (QED) is 0.186. The molecule has 0 atom stereocenters. The zero-order chi connectivity index (χ0) is 32.3. The van der Waals surface area contributed by atoms with Crippen LogP contribution in [0.1, 0.15) is 0 Å². The van der Waals surface area contributed by atoms with Crippen LogP contribution in [0.4, 0.5) is 17.1 Å². The fraction of sp³-hybridized carbons (Fsp3) is 0. The molecule has 8 aromatic carbocycles. The maximum Gasteiger partial charge on any atom is 0.143 e. The number of hydrogen-bond donors (Lipinski definition) is 0. The van der Waals surface area contributed by atoms with Gasteiger partial charge in [0, 0.05) is 53.4 Å². The van der Waals surface area contributed by atoms with Gasteiger partial charge in [0.1, 0.15) is 11.2 Å². The van der Waals surface area contributed by atoms with E-state index in [4.69, 9.17) is 4.42 Å². The van der Waals surface area contributed by atoms with Crippen molar-refractivity contribution in [3.8, 4) is 22.3 Å². The van der Waals surface area contributed by atoms with Gasteiger partial charge in [0.15, 0.2) is 0 Å². The summed E-state index contributed by atoms with van der Waals surface area (Å²) in [5.74, 6) is 0. The van der Waals surface area contributed by atoms with Gasteiger partial charge in [0.05, 0.1) is 0 Å². The third-order valence-electron chi connectivity index (χ3n) is 9.65. The Balaban J connectivity index is 1.08. The van der Waals surface area contributed by atoms with E-state index in [2.05, 4.69) is 181 Å². The van der Waals surface area contributed by atoms with Crippen molar-refractivity contribution in [3.63, 3.8) is 0 Å². The first-order valence-corrected chi connectivity index (χ1v) is 17.4. The molecule has 0 fully saturated rings. The van der Waals surface area contributed by atoms with E-state index in [0.717, 1.165) is 55.5 Å². The first-order chi connectivity index (χ1) is 24.3. The van der Waals surface area contributed by atoms with Crippen molar-refractivity contribution in [3.05, 3.63) is 176 Å². The SMILES string of the molecule is c1ccc(-c2cccc(N(c3ccc(-c4ccc5c(c4)oc4c6ccccc6ccc54)cc3)c3ccc4c(c3)sc3ccccc34)c2)cc1. The number of fused-ring (bicyclic) bond motifs is 8. The van der Waals surface area contributed by atoms with Gasteiger partial charge in [-0.15, -0.1) is 11.3 Å². The van der Waals surface area contributed by atoms with Gasteiger partial charge in [-0.05, 0) is 88.3 Å². The summed E-state index contributed by atoms with van der Waals surface area (Å²) >= 11 is 1.85. The van der Waals surface area contributed by atoms with E-state index in [9.17, 15) is 0 Å². The maximum atomic E-state index is 6.50. The molecule has 0 bridgehead atoms. The molecule has 0 aliphatic carbocycles. The Bertz CT molecular complexity index is 2830. The molecule has 10 aromatic rings. The zero-order valence-electron chi connectivity index (χ0n) is 26.5. The molecular weight excluding hydrogens is 615 g/mol. The molecule has 230 valence electrons. The highest BCUT2D eigenvalue weighted by atomic mass is 32.1. The lowest BCUT2D eigenvalue weighted by molar-refractivity contribution is 0.673. The molecule has 0 unspecified atom stereocenters. The fourth-order valence-electron chi connectivity index (χ4n) is 7.24. The number of hydrogen-bond acceptors (Lipinski definition) is 3. The van der Waals surface area contributed by atoms with Crippen LogP contribution in [0.3, 0.4) is 0 Å². The molecule has 2 heterocycles. The first-order valence-electron chi connectivity index (χ1n) is 16.6. The number of benzene rings is 8. The topological polar surface area (TPSA) is 16.4 Å². The lowest BCUT2D eigenvalue weighted by Gasteiger charge is -2.26. The summed E-state index contributed by atoms with van der Waals surface area (Å²) in [5.41, 5.74) is 9.88. The molecule has 0 N–H and O–H groups in total. The molecule has 0 saturated carbocycles. The predicted octanol–water partition coefficient (Wildman–Crippen LogP) is 13.9. The van der Waals surface area contributed by atoms with Crippen molar-refractivity contribution in [2.45, 2.75) is 0 Å². The molecule has 0 saturated heterocycles. The van der Waals surface area contributed by atoms with E-state index in [1.807, 2.05) is 11.3 Å². The summed E-state index contributed by atoms with van der Waals surface area (Å²) in [5, 5.41) is 7.24. The summed E-state index contributed by atoms with van der Waals surface area (Å²) in [6, 6.07) is 63.2. The average molecular weight is 644 g/mol. The van der Waals surface area contributed by atoms with E-state index < -0.39 is 0 Å². The Labute approximate surface area is 287 Å². The van der Waals surface area contributed by atoms with Gasteiger partial charge in [-0.1, -0.05) is 115 Å². The normalized spacial score (nSPS) is 11.7. The van der Waals surface area contributed by atoms with Gasteiger partial charge in [0.2, 0.25) is 0 Å². The second-order valence-electron chi connectivity index (χ2n) is 12.6. The predicted molar refractivity (Wildman–Crippen MR) is 210 cm³/mol. The molecule has 0 amide bonds. The van der Waals surface area contributed by atoms with Crippen LogP contribution in [0, 0.1) is 0 Å². The summed E-state index contributed by atoms with van der Waals surface area (Å²) in [6.45, 7) is 0. The largest absolute Gasteiger partial charge is 0.455 e. The summed E-state index contributed by atoms with van der Waals surface area (Å²) in [4.78, 5) is 2.37. The smallest absolute Gasteiger partial charge is 0.143 e. The second-order valence-corrected chi connectivity index (χ2v) is 13.6. The highest BCUT2D eigenvalue weighted by Gasteiger charge is 2.17. The number of furan rings is 1. The van der Waals surface area contributed by atoms with E-state index in [0.29, 0.717) is 0 Å². The summed E-state index contributed by atoms with van der Waals surface area (Å²) in [7, 11) is 0. The highest BCUT2D eigenvalue weighted by molar-refractivity contribution is 7.25. The Kier molecular flexibility index (Phi) is 6.39. The minimum Gasteiger partial charge on any atom is -0.455 e. The van der Waals surface area contributed by atoms with Crippen molar-refractivity contribution in [2.75, 3.05) is 4.90 Å². The summed E-state index contributed by atoms with van der Waals surface area (Å²) in [6.07, 6.45) is 0. The van der Waals surface area contributed by atoms with Gasteiger partial charge < -0.3 is 9.32 Å². The Morgan fingerprint density at radius 2 is 1.00 bits per heavy atom. The van der Waals surface area contributed by atoms with Gasteiger partial charge in [0.25, 0.3) is 0 Å². The van der Waals surface area contributed by atoms with Crippen LogP contribution in [0.15, 0.2) is 180 Å². The molecule has 0 radical (unpaired) electrons. The van der Waals surface area contributed by atoms with E-state index >= 15 is 0 Å². The number of thiophene rings is 1. The fourth-order valence-corrected chi connectivity index (χ4v) is 8.38. The number of rotatable bonds is 5. The minimum absolute atomic E-state index is 0.906. The van der Waals surface area contributed by atoms with Gasteiger partial charge in [-0.2, -0.15) is 0 Å². The minimum atomic E-state index is 0.906. The molecular formula is C46H29NOS. The first kappa shape index (κ1) is 27.9. The molecule has 3 heteroatoms. The molecule has 0 spiro atoms. The third-order valence-corrected chi connectivity index (χ3v) is 10.8. The maximum absolute atomic E-state index is 6.50. The summed E-state index contributed by atoms with van der Waals surface area (Å²) < 4.78 is 9.10. The third kappa shape index (κ3) is 4.70. The van der Waals surface area contributed by atoms with Crippen LogP contribution >= 0.6 is 11.3 Å². The van der Waals surface area contributed by atoms with Gasteiger partial charge in [-0.25, -0.2) is 0 Å². The lowest BCUT2D eigenvalue weighted by atomic mass is 10.0. The van der Waals surface area contributed by atoms with Crippen LogP contribution in [0.2, 0.25) is 0 Å². The zero-order valence-corrected chi connectivity index (χ0v) is 27.3. The number of nitrogens with zero attached hydrogens (tertiary/aromatic N) is 1. The molecule has 49 heavy (non-hydrogen) atoms. The van der Waals surface area contributed by atoms with Crippen molar-refractivity contribution in [1.29, 1.82) is 0 Å². The molecule has 2 nitrogen and oxygen atoms in total. The van der Waals surface area contributed by atoms with Crippen LogP contribution in [-0.2, 0) is 0 Å². The lowest BCUT2D eigenvalue weighted by Crippen LogP contribution is -2.09. The Morgan fingerprint density at radius 1 is 0.367 bits per heavy atom. The average Bonchev–Trinajstić information content (AvgIpc) is 3.74. The van der Waals surface area contributed by atoms with Crippen LogP contribution in [0.5, 0.6) is 0 Å². The standard InChI is InChI=1S/C46H29NOS/c1-2-9-30(10-3-1)33-12-8-13-36(27-33)47(37-23-26-41-40-15-6-7-16-44(40)49-45(41)29-37)35-21-17-31(18-22-35)34-20-24-39-42-25-19-32-11-4-5-14-38(32)46(42)48-43(39)28-34/h1-29H.